The van der Waals surface area contributed by atoms with Gasteiger partial charge in [0.25, 0.3) is 0 Å². The summed E-state index contributed by atoms with van der Waals surface area (Å²) in [7, 11) is 0. The van der Waals surface area contributed by atoms with Gasteiger partial charge in [0.1, 0.15) is 48.8 Å². The van der Waals surface area contributed by atoms with E-state index in [1.165, 1.54) is 180 Å². The van der Waals surface area contributed by atoms with E-state index < -0.39 is 86.8 Å². The number of nitrogens with one attached hydrogen (secondary N) is 1. The summed E-state index contributed by atoms with van der Waals surface area (Å²) in [5.41, 5.74) is 0. The third-order valence-corrected chi connectivity index (χ3v) is 16.9. The molecular formula is C72H129NO13. The third-order valence-electron chi connectivity index (χ3n) is 16.9. The van der Waals surface area contributed by atoms with Crippen molar-refractivity contribution in [2.75, 3.05) is 19.8 Å². The number of unbranched alkanes of at least 4 members (excludes halogenated alkanes) is 34. The molecule has 0 spiro atoms. The molecule has 14 nitrogen and oxygen atoms in total. The molecule has 2 fully saturated rings. The van der Waals surface area contributed by atoms with Gasteiger partial charge in [-0.2, -0.15) is 0 Å². The number of hydrogen-bond acceptors (Lipinski definition) is 13. The average molecular weight is 1220 g/mol. The van der Waals surface area contributed by atoms with E-state index in [9.17, 15) is 45.6 Å². The third kappa shape index (κ3) is 40.2. The summed E-state index contributed by atoms with van der Waals surface area (Å²) in [6, 6.07) is -0.921. The average Bonchev–Trinajstić information content (AvgIpc) is 2.53. The van der Waals surface area contributed by atoms with Gasteiger partial charge in [0, 0.05) is 6.42 Å². The summed E-state index contributed by atoms with van der Waals surface area (Å²) in [6.45, 7) is 2.72. The maximum Gasteiger partial charge on any atom is 0.220 e. The Morgan fingerprint density at radius 3 is 1.23 bits per heavy atom. The van der Waals surface area contributed by atoms with E-state index in [1.807, 2.05) is 6.08 Å². The Kier molecular flexibility index (Phi) is 52.2. The Morgan fingerprint density at radius 1 is 0.430 bits per heavy atom. The Bertz CT molecular complexity index is 1720. The van der Waals surface area contributed by atoms with Gasteiger partial charge in [-0.1, -0.05) is 286 Å². The lowest BCUT2D eigenvalue weighted by Gasteiger charge is -2.46. The second-order valence-electron chi connectivity index (χ2n) is 24.6. The predicted molar refractivity (Wildman–Crippen MR) is 350 cm³/mol. The Hall–Kier alpha value is -2.57. The first-order chi connectivity index (χ1) is 42.1. The van der Waals surface area contributed by atoms with Crippen molar-refractivity contribution in [2.24, 2.45) is 0 Å². The van der Waals surface area contributed by atoms with Crippen LogP contribution in [-0.4, -0.2) is 140 Å². The van der Waals surface area contributed by atoms with Crippen LogP contribution in [0.3, 0.4) is 0 Å². The first-order valence-corrected chi connectivity index (χ1v) is 35.2. The van der Waals surface area contributed by atoms with Crippen LogP contribution < -0.4 is 5.32 Å². The SMILES string of the molecule is CC/C=C\C/C=C\C/C=C\C/C=C\C/C=C\CCCCCCCCCCCCCC(=O)NC(COC1OC(CO)C(OC2OC(CO)C(O)C(O)C2O)C(O)C1O)C(O)/C=C/CCCCCCCCCCCCCCCCCCCCCCCCC. The van der Waals surface area contributed by atoms with Crippen LogP contribution in [0.15, 0.2) is 72.9 Å². The molecule has 2 rings (SSSR count). The summed E-state index contributed by atoms with van der Waals surface area (Å²) in [6.07, 6.45) is 59.4. The standard InChI is InChI=1S/C72H129NO13/c1-3-5-7-9-11-13-15-17-19-21-23-25-27-29-30-32-34-36-38-40-42-44-46-48-50-52-54-56-64(77)73-60(59-83-71-69(82)67(80)70(63(58-75)85-71)86-72-68(81)66(79)65(78)62(57-74)84-72)61(76)55-53-51-49-47-45-43-41-39-37-35-33-31-28-26-24-22-20-18-16-14-12-10-8-6-4-2/h5,7,11,13,17,19,23,25,29-30,53,55,60-63,65-72,74-76,78-82H,3-4,6,8-10,12,14-16,18,20-22,24,26-28,31-52,54,56-59H2,1-2H3,(H,73,77)/b7-5-,13-11-,19-17-,25-23-,30-29-,55-53+. The van der Waals surface area contributed by atoms with Crippen molar-refractivity contribution in [3.05, 3.63) is 72.9 Å². The molecule has 0 bridgehead atoms. The molecule has 0 aliphatic carbocycles. The molecule has 2 aliphatic rings. The van der Waals surface area contributed by atoms with E-state index in [1.54, 1.807) is 6.08 Å². The smallest absolute Gasteiger partial charge is 0.220 e. The predicted octanol–water partition coefficient (Wildman–Crippen LogP) is 14.2. The molecule has 12 atom stereocenters. The van der Waals surface area contributed by atoms with E-state index in [0.717, 1.165) is 77.0 Å². The monoisotopic (exact) mass is 1220 g/mol. The normalized spacial score (nSPS) is 23.8. The van der Waals surface area contributed by atoms with Gasteiger partial charge in [-0.25, -0.2) is 0 Å². The second-order valence-corrected chi connectivity index (χ2v) is 24.6. The van der Waals surface area contributed by atoms with Crippen LogP contribution in [0.5, 0.6) is 0 Å². The molecule has 2 aliphatic heterocycles. The van der Waals surface area contributed by atoms with Crippen molar-refractivity contribution < 1.29 is 64.6 Å². The van der Waals surface area contributed by atoms with Gasteiger partial charge in [-0.05, 0) is 64.2 Å². The van der Waals surface area contributed by atoms with Crippen LogP contribution in [0.2, 0.25) is 0 Å². The maximum absolute atomic E-state index is 13.3. The number of allylic oxidation sites excluding steroid dienone is 11. The summed E-state index contributed by atoms with van der Waals surface area (Å²) < 4.78 is 22.9. The van der Waals surface area contributed by atoms with Crippen molar-refractivity contribution in [1.29, 1.82) is 0 Å². The molecule has 0 aromatic rings. The Balaban J connectivity index is 1.69. The van der Waals surface area contributed by atoms with E-state index in [2.05, 4.69) is 79.9 Å². The fourth-order valence-corrected chi connectivity index (χ4v) is 11.3. The molecule has 2 saturated heterocycles. The number of rotatable bonds is 57. The highest BCUT2D eigenvalue weighted by Crippen LogP contribution is 2.30. The topological polar surface area (TPSA) is 228 Å². The van der Waals surface area contributed by atoms with Gasteiger partial charge in [0.2, 0.25) is 5.91 Å². The van der Waals surface area contributed by atoms with Crippen LogP contribution in [0.1, 0.15) is 284 Å². The number of aliphatic hydroxyl groups is 8. The van der Waals surface area contributed by atoms with Gasteiger partial charge in [0.15, 0.2) is 12.6 Å². The highest BCUT2D eigenvalue weighted by molar-refractivity contribution is 5.76. The summed E-state index contributed by atoms with van der Waals surface area (Å²) in [5.74, 6) is -0.242. The van der Waals surface area contributed by atoms with E-state index in [-0.39, 0.29) is 18.9 Å². The van der Waals surface area contributed by atoms with Gasteiger partial charge in [-0.3, -0.25) is 4.79 Å². The summed E-state index contributed by atoms with van der Waals surface area (Å²) in [4.78, 5) is 13.3. The molecule has 2 heterocycles. The van der Waals surface area contributed by atoms with Gasteiger partial charge < -0.3 is 65.1 Å². The first-order valence-electron chi connectivity index (χ1n) is 35.2. The molecule has 1 amide bonds. The molecule has 0 radical (unpaired) electrons. The van der Waals surface area contributed by atoms with Crippen molar-refractivity contribution >= 4 is 5.91 Å². The molecule has 86 heavy (non-hydrogen) atoms. The molecule has 0 aromatic heterocycles. The molecule has 9 N–H and O–H groups in total. The zero-order chi connectivity index (χ0) is 62.3. The Morgan fingerprint density at radius 2 is 0.802 bits per heavy atom. The van der Waals surface area contributed by atoms with Crippen LogP contribution in [0.25, 0.3) is 0 Å². The lowest BCUT2D eigenvalue weighted by molar-refractivity contribution is -0.359. The van der Waals surface area contributed by atoms with Crippen molar-refractivity contribution in [3.8, 4) is 0 Å². The number of aliphatic hydroxyl groups excluding tert-OH is 8. The van der Waals surface area contributed by atoms with Gasteiger partial charge >= 0.3 is 0 Å². The van der Waals surface area contributed by atoms with Crippen LogP contribution in [-0.2, 0) is 23.7 Å². The summed E-state index contributed by atoms with van der Waals surface area (Å²) in [5, 5.41) is 87.5. The van der Waals surface area contributed by atoms with Gasteiger partial charge in [0.05, 0.1) is 32.0 Å². The molecule has 14 heteroatoms. The van der Waals surface area contributed by atoms with E-state index >= 15 is 0 Å². The lowest BCUT2D eigenvalue weighted by atomic mass is 9.97. The molecule has 500 valence electrons. The summed E-state index contributed by atoms with van der Waals surface area (Å²) >= 11 is 0. The maximum atomic E-state index is 13.3. The van der Waals surface area contributed by atoms with Crippen molar-refractivity contribution in [1.82, 2.24) is 5.32 Å². The van der Waals surface area contributed by atoms with E-state index in [4.69, 9.17) is 18.9 Å². The highest BCUT2D eigenvalue weighted by Gasteiger charge is 2.51. The van der Waals surface area contributed by atoms with Crippen LogP contribution in [0, 0.1) is 0 Å². The minimum atomic E-state index is -1.79. The van der Waals surface area contributed by atoms with Crippen LogP contribution >= 0.6 is 0 Å². The number of carbonyl (C=O) groups excluding carboxylic acids is 1. The number of carbonyl (C=O) groups is 1. The number of hydrogen-bond donors (Lipinski definition) is 9. The zero-order valence-corrected chi connectivity index (χ0v) is 54.3. The van der Waals surface area contributed by atoms with E-state index in [0.29, 0.717) is 6.42 Å². The lowest BCUT2D eigenvalue weighted by Crippen LogP contribution is -2.65. The zero-order valence-electron chi connectivity index (χ0n) is 54.3. The second kappa shape index (κ2) is 56.4. The fourth-order valence-electron chi connectivity index (χ4n) is 11.3. The highest BCUT2D eigenvalue weighted by atomic mass is 16.7. The molecule has 0 saturated carbocycles. The molecule has 12 unspecified atom stereocenters. The minimum Gasteiger partial charge on any atom is -0.394 e. The fraction of sp³-hybridized carbons (Fsp3) is 0.819. The molecule has 0 aromatic carbocycles. The number of ether oxygens (including phenoxy) is 4. The van der Waals surface area contributed by atoms with Gasteiger partial charge in [-0.15, -0.1) is 0 Å². The molecular weight excluding hydrogens is 1090 g/mol. The minimum absolute atomic E-state index is 0.242. The first kappa shape index (κ1) is 79.5. The van der Waals surface area contributed by atoms with Crippen LogP contribution in [0.4, 0.5) is 0 Å². The number of amides is 1. The Labute approximate surface area is 523 Å². The van der Waals surface area contributed by atoms with Crippen molar-refractivity contribution in [2.45, 2.75) is 357 Å². The quantitative estimate of drug-likeness (QED) is 0.0204. The van der Waals surface area contributed by atoms with Crippen molar-refractivity contribution in [3.63, 3.8) is 0 Å². The largest absolute Gasteiger partial charge is 0.394 e.